The predicted octanol–water partition coefficient (Wildman–Crippen LogP) is 2.87. The first-order valence-corrected chi connectivity index (χ1v) is 4.62. The van der Waals surface area contributed by atoms with Gasteiger partial charge in [0.1, 0.15) is 0 Å². The molecule has 0 aliphatic carbocycles. The van der Waals surface area contributed by atoms with Crippen molar-refractivity contribution in [1.29, 1.82) is 0 Å². The molecule has 1 aromatic carbocycles. The van der Waals surface area contributed by atoms with Crippen LogP contribution < -0.4 is 9.47 Å². The van der Waals surface area contributed by atoms with Crippen molar-refractivity contribution in [3.05, 3.63) is 24.3 Å². The van der Waals surface area contributed by atoms with Gasteiger partial charge < -0.3 is 9.47 Å². The van der Waals surface area contributed by atoms with Gasteiger partial charge in [0.2, 0.25) is 0 Å². The zero-order valence-corrected chi connectivity index (χ0v) is 8.41. The third kappa shape index (κ3) is 2.98. The zero-order valence-electron chi connectivity index (χ0n) is 8.41. The molecule has 1 rings (SSSR count). The maximum atomic E-state index is 5.57. The third-order valence-electron chi connectivity index (χ3n) is 1.51. The molecule has 0 heterocycles. The van der Waals surface area contributed by atoms with E-state index < -0.39 is 0 Å². The minimum Gasteiger partial charge on any atom is -0.490 e. The largest absolute Gasteiger partial charge is 0.490 e. The fraction of sp³-hybridized carbons (Fsp3) is 0.455. The predicted molar refractivity (Wildman–Crippen MR) is 53.4 cm³/mol. The van der Waals surface area contributed by atoms with Crippen LogP contribution >= 0.6 is 0 Å². The minimum absolute atomic E-state index is 0.182. The lowest BCUT2D eigenvalue weighted by Gasteiger charge is -2.13. The highest BCUT2D eigenvalue weighted by molar-refractivity contribution is 5.39. The normalized spacial score (nSPS) is 10.2. The van der Waals surface area contributed by atoms with Crippen LogP contribution in [0.1, 0.15) is 20.8 Å². The van der Waals surface area contributed by atoms with Crippen molar-refractivity contribution >= 4 is 0 Å². The summed E-state index contributed by atoms with van der Waals surface area (Å²) >= 11 is 0. The van der Waals surface area contributed by atoms with Crippen LogP contribution in [0.5, 0.6) is 11.5 Å². The summed E-state index contributed by atoms with van der Waals surface area (Å²) in [7, 11) is 0. The Balaban J connectivity index is 2.78. The number of para-hydroxylation sites is 2. The molecule has 2 heteroatoms. The van der Waals surface area contributed by atoms with Crippen LogP contribution in [0.4, 0.5) is 0 Å². The molecular weight excluding hydrogens is 164 g/mol. The molecule has 0 fully saturated rings. The van der Waals surface area contributed by atoms with Crippen molar-refractivity contribution in [3.8, 4) is 11.5 Å². The smallest absolute Gasteiger partial charge is 0.161 e. The van der Waals surface area contributed by atoms with E-state index in [4.69, 9.17) is 9.47 Å². The molecule has 0 bridgehead atoms. The lowest BCUT2D eigenvalue weighted by molar-refractivity contribution is 0.224. The average Bonchev–Trinajstić information content (AvgIpc) is 2.08. The van der Waals surface area contributed by atoms with Gasteiger partial charge in [0.25, 0.3) is 0 Å². The van der Waals surface area contributed by atoms with Crippen LogP contribution in [-0.2, 0) is 0 Å². The fourth-order valence-corrected chi connectivity index (χ4v) is 1.08. The van der Waals surface area contributed by atoms with Gasteiger partial charge in [-0.05, 0) is 32.9 Å². The molecule has 0 amide bonds. The lowest BCUT2D eigenvalue weighted by atomic mass is 10.3. The summed E-state index contributed by atoms with van der Waals surface area (Å²) in [5.74, 6) is 1.64. The van der Waals surface area contributed by atoms with Gasteiger partial charge >= 0.3 is 0 Å². The zero-order chi connectivity index (χ0) is 9.68. The Bertz CT molecular complexity index is 256. The molecule has 0 atom stereocenters. The van der Waals surface area contributed by atoms with Gasteiger partial charge in [-0.25, -0.2) is 0 Å². The van der Waals surface area contributed by atoms with Crippen LogP contribution in [0, 0.1) is 0 Å². The van der Waals surface area contributed by atoms with Gasteiger partial charge in [0, 0.05) is 0 Å². The number of ether oxygens (including phenoxy) is 2. The van der Waals surface area contributed by atoms with Crippen molar-refractivity contribution in [3.63, 3.8) is 0 Å². The molecule has 0 N–H and O–H groups in total. The summed E-state index contributed by atoms with van der Waals surface area (Å²) in [6, 6.07) is 7.73. The molecule has 13 heavy (non-hydrogen) atoms. The first kappa shape index (κ1) is 9.90. The topological polar surface area (TPSA) is 18.5 Å². The summed E-state index contributed by atoms with van der Waals surface area (Å²) < 4.78 is 11.0. The lowest BCUT2D eigenvalue weighted by Crippen LogP contribution is -2.07. The second kappa shape index (κ2) is 4.75. The van der Waals surface area contributed by atoms with Crippen LogP contribution in [-0.4, -0.2) is 12.7 Å². The highest BCUT2D eigenvalue weighted by Gasteiger charge is 2.04. The first-order valence-electron chi connectivity index (χ1n) is 4.62. The molecule has 0 saturated heterocycles. The Morgan fingerprint density at radius 1 is 1.15 bits per heavy atom. The van der Waals surface area contributed by atoms with Gasteiger partial charge in [-0.1, -0.05) is 12.1 Å². The summed E-state index contributed by atoms with van der Waals surface area (Å²) in [5.41, 5.74) is 0. The van der Waals surface area contributed by atoms with Gasteiger partial charge in [-0.2, -0.15) is 0 Å². The Kier molecular flexibility index (Phi) is 3.62. The van der Waals surface area contributed by atoms with E-state index in [1.807, 2.05) is 45.0 Å². The summed E-state index contributed by atoms with van der Waals surface area (Å²) in [6.45, 7) is 6.63. The van der Waals surface area contributed by atoms with Crippen LogP contribution in [0.3, 0.4) is 0 Å². The molecule has 0 radical (unpaired) electrons. The van der Waals surface area contributed by atoms with Gasteiger partial charge in [0.15, 0.2) is 11.5 Å². The van der Waals surface area contributed by atoms with Gasteiger partial charge in [0.05, 0.1) is 12.7 Å². The number of hydrogen-bond donors (Lipinski definition) is 0. The van der Waals surface area contributed by atoms with E-state index in [-0.39, 0.29) is 6.10 Å². The summed E-state index contributed by atoms with van der Waals surface area (Å²) in [6.07, 6.45) is 0.182. The monoisotopic (exact) mass is 180 g/mol. The van der Waals surface area contributed by atoms with E-state index in [0.29, 0.717) is 6.61 Å². The third-order valence-corrected chi connectivity index (χ3v) is 1.51. The molecule has 0 saturated carbocycles. The second-order valence-corrected chi connectivity index (χ2v) is 3.05. The highest BCUT2D eigenvalue weighted by atomic mass is 16.5. The van der Waals surface area contributed by atoms with Crippen LogP contribution in [0.25, 0.3) is 0 Å². The Morgan fingerprint density at radius 2 is 1.77 bits per heavy atom. The first-order chi connectivity index (χ1) is 6.24. The molecular formula is C11H16O2. The van der Waals surface area contributed by atoms with Gasteiger partial charge in [-0.3, -0.25) is 0 Å². The van der Waals surface area contributed by atoms with E-state index in [9.17, 15) is 0 Å². The molecule has 72 valence electrons. The second-order valence-electron chi connectivity index (χ2n) is 3.05. The van der Waals surface area contributed by atoms with Gasteiger partial charge in [-0.15, -0.1) is 0 Å². The van der Waals surface area contributed by atoms with Crippen molar-refractivity contribution in [2.45, 2.75) is 26.9 Å². The van der Waals surface area contributed by atoms with Crippen molar-refractivity contribution < 1.29 is 9.47 Å². The standard InChI is InChI=1S/C11H16O2/c1-4-12-10-7-5-6-8-11(10)13-9(2)3/h5-9H,4H2,1-3H3. The van der Waals surface area contributed by atoms with E-state index in [0.717, 1.165) is 11.5 Å². The quantitative estimate of drug-likeness (QED) is 0.709. The van der Waals surface area contributed by atoms with Crippen LogP contribution in [0.2, 0.25) is 0 Å². The average molecular weight is 180 g/mol. The van der Waals surface area contributed by atoms with Crippen molar-refractivity contribution in [2.75, 3.05) is 6.61 Å². The number of hydrogen-bond acceptors (Lipinski definition) is 2. The maximum absolute atomic E-state index is 5.57. The Hall–Kier alpha value is -1.18. The Morgan fingerprint density at radius 3 is 2.31 bits per heavy atom. The van der Waals surface area contributed by atoms with Crippen LogP contribution in [0.15, 0.2) is 24.3 Å². The minimum atomic E-state index is 0.182. The van der Waals surface area contributed by atoms with E-state index in [2.05, 4.69) is 0 Å². The van der Waals surface area contributed by atoms with E-state index in [1.165, 1.54) is 0 Å². The van der Waals surface area contributed by atoms with E-state index in [1.54, 1.807) is 0 Å². The molecule has 0 unspecified atom stereocenters. The summed E-state index contributed by atoms with van der Waals surface area (Å²) in [5, 5.41) is 0. The summed E-state index contributed by atoms with van der Waals surface area (Å²) in [4.78, 5) is 0. The number of rotatable bonds is 4. The molecule has 0 aromatic heterocycles. The highest BCUT2D eigenvalue weighted by Crippen LogP contribution is 2.27. The maximum Gasteiger partial charge on any atom is 0.161 e. The fourth-order valence-electron chi connectivity index (χ4n) is 1.08. The van der Waals surface area contributed by atoms with E-state index >= 15 is 0 Å². The molecule has 0 aliphatic rings. The molecule has 0 aliphatic heterocycles. The molecule has 1 aromatic rings. The molecule has 2 nitrogen and oxygen atoms in total. The number of benzene rings is 1. The molecule has 0 spiro atoms. The van der Waals surface area contributed by atoms with Crippen molar-refractivity contribution in [2.24, 2.45) is 0 Å². The Labute approximate surface area is 79.5 Å². The van der Waals surface area contributed by atoms with Crippen molar-refractivity contribution in [1.82, 2.24) is 0 Å². The SMILES string of the molecule is CCOc1ccccc1OC(C)C.